The van der Waals surface area contributed by atoms with Gasteiger partial charge in [-0.2, -0.15) is 0 Å². The average molecular weight is 378 g/mol. The molecular formula is C13H19IN2OS. The minimum absolute atomic E-state index is 0. The van der Waals surface area contributed by atoms with Crippen LogP contribution in [0.5, 0.6) is 5.75 Å². The zero-order chi connectivity index (χ0) is 12.1. The third-order valence-corrected chi connectivity index (χ3v) is 3.72. The topological polar surface area (TPSA) is 24.8 Å². The first kappa shape index (κ1) is 15.6. The standard InChI is InChI=1S/C13H18N2OS.HI/c1-3-16-12-7-5-11(6-8-12)14-13-15(2)9-4-10-17-13;/h5-8H,3-4,9-10H2,1-2H3;1H. The second-order valence-electron chi connectivity index (χ2n) is 3.94. The highest BCUT2D eigenvalue weighted by Crippen LogP contribution is 2.23. The highest BCUT2D eigenvalue weighted by atomic mass is 127. The van der Waals surface area contributed by atoms with Crippen LogP contribution >= 0.6 is 35.7 Å². The molecule has 0 aliphatic carbocycles. The van der Waals surface area contributed by atoms with Gasteiger partial charge in [-0.3, -0.25) is 0 Å². The van der Waals surface area contributed by atoms with Crippen LogP contribution in [0.3, 0.4) is 0 Å². The van der Waals surface area contributed by atoms with Crippen LogP contribution in [0.2, 0.25) is 0 Å². The minimum atomic E-state index is 0. The van der Waals surface area contributed by atoms with Crippen molar-refractivity contribution in [2.24, 2.45) is 4.99 Å². The Kier molecular flexibility index (Phi) is 6.85. The molecule has 0 atom stereocenters. The second-order valence-corrected chi connectivity index (χ2v) is 5.01. The van der Waals surface area contributed by atoms with Crippen molar-refractivity contribution < 1.29 is 4.74 Å². The number of amidine groups is 1. The van der Waals surface area contributed by atoms with E-state index in [0.29, 0.717) is 6.61 Å². The lowest BCUT2D eigenvalue weighted by molar-refractivity contribution is 0.340. The van der Waals surface area contributed by atoms with Crippen LogP contribution in [0.25, 0.3) is 0 Å². The summed E-state index contributed by atoms with van der Waals surface area (Å²) in [6.45, 7) is 3.79. The van der Waals surface area contributed by atoms with Crippen LogP contribution in [0, 0.1) is 0 Å². The van der Waals surface area contributed by atoms with E-state index in [-0.39, 0.29) is 24.0 Å². The van der Waals surface area contributed by atoms with Crippen molar-refractivity contribution in [2.45, 2.75) is 13.3 Å². The number of halogens is 1. The molecular weight excluding hydrogens is 359 g/mol. The summed E-state index contributed by atoms with van der Waals surface area (Å²) in [5, 5.41) is 1.11. The van der Waals surface area contributed by atoms with E-state index in [0.717, 1.165) is 23.1 Å². The predicted molar refractivity (Wildman–Crippen MR) is 89.8 cm³/mol. The summed E-state index contributed by atoms with van der Waals surface area (Å²) in [7, 11) is 2.10. The molecule has 2 rings (SSSR count). The first-order valence-electron chi connectivity index (χ1n) is 5.95. The van der Waals surface area contributed by atoms with Crippen molar-refractivity contribution in [1.29, 1.82) is 0 Å². The van der Waals surface area contributed by atoms with Crippen molar-refractivity contribution in [3.05, 3.63) is 24.3 Å². The maximum absolute atomic E-state index is 5.41. The van der Waals surface area contributed by atoms with Gasteiger partial charge < -0.3 is 9.64 Å². The Bertz CT molecular complexity index is 394. The lowest BCUT2D eigenvalue weighted by atomic mass is 10.3. The summed E-state index contributed by atoms with van der Waals surface area (Å²) in [5.74, 6) is 2.07. The SMILES string of the molecule is CCOc1ccc(N=C2SCCCN2C)cc1.I. The highest BCUT2D eigenvalue weighted by molar-refractivity contribution is 14.0. The predicted octanol–water partition coefficient (Wildman–Crippen LogP) is 3.76. The summed E-state index contributed by atoms with van der Waals surface area (Å²) in [6.07, 6.45) is 1.24. The number of rotatable bonds is 3. The van der Waals surface area contributed by atoms with Crippen LogP contribution in [-0.2, 0) is 0 Å². The molecule has 0 unspecified atom stereocenters. The largest absolute Gasteiger partial charge is 0.494 e. The van der Waals surface area contributed by atoms with E-state index in [1.165, 1.54) is 12.2 Å². The molecule has 0 bridgehead atoms. The van der Waals surface area contributed by atoms with E-state index in [1.807, 2.05) is 43.0 Å². The third-order valence-electron chi connectivity index (χ3n) is 2.57. The van der Waals surface area contributed by atoms with Gasteiger partial charge in [0.2, 0.25) is 0 Å². The number of ether oxygens (including phenoxy) is 1. The first-order valence-corrected chi connectivity index (χ1v) is 6.93. The second kappa shape index (κ2) is 7.89. The van der Waals surface area contributed by atoms with Crippen LogP contribution in [0.1, 0.15) is 13.3 Å². The summed E-state index contributed by atoms with van der Waals surface area (Å²) >= 11 is 1.83. The van der Waals surface area contributed by atoms with Crippen LogP contribution in [0.4, 0.5) is 5.69 Å². The number of hydrogen-bond acceptors (Lipinski definition) is 3. The van der Waals surface area contributed by atoms with Crippen LogP contribution in [0.15, 0.2) is 29.3 Å². The molecule has 0 radical (unpaired) electrons. The Morgan fingerprint density at radius 3 is 2.67 bits per heavy atom. The molecule has 5 heteroatoms. The molecule has 3 nitrogen and oxygen atoms in total. The number of hydrogen-bond donors (Lipinski definition) is 0. The van der Waals surface area contributed by atoms with E-state index < -0.39 is 0 Å². The molecule has 1 fully saturated rings. The fraction of sp³-hybridized carbons (Fsp3) is 0.462. The smallest absolute Gasteiger partial charge is 0.164 e. The van der Waals surface area contributed by atoms with Crippen molar-refractivity contribution in [2.75, 3.05) is 26.0 Å². The number of benzene rings is 1. The fourth-order valence-corrected chi connectivity index (χ4v) is 2.62. The molecule has 0 N–H and O–H groups in total. The van der Waals surface area contributed by atoms with Crippen molar-refractivity contribution in [3.63, 3.8) is 0 Å². The molecule has 0 amide bonds. The summed E-state index contributed by atoms with van der Waals surface area (Å²) in [4.78, 5) is 6.86. The van der Waals surface area contributed by atoms with Gasteiger partial charge in [-0.25, -0.2) is 4.99 Å². The Morgan fingerprint density at radius 1 is 1.33 bits per heavy atom. The van der Waals surface area contributed by atoms with Crippen LogP contribution < -0.4 is 4.74 Å². The van der Waals surface area contributed by atoms with Gasteiger partial charge in [0.25, 0.3) is 0 Å². The molecule has 1 aliphatic heterocycles. The number of thioether (sulfide) groups is 1. The van der Waals surface area contributed by atoms with Gasteiger partial charge in [-0.05, 0) is 37.6 Å². The van der Waals surface area contributed by atoms with E-state index in [9.17, 15) is 0 Å². The van der Waals surface area contributed by atoms with Crippen molar-refractivity contribution in [1.82, 2.24) is 4.90 Å². The Morgan fingerprint density at radius 2 is 2.06 bits per heavy atom. The van der Waals surface area contributed by atoms with Gasteiger partial charge in [0.15, 0.2) is 5.17 Å². The maximum Gasteiger partial charge on any atom is 0.164 e. The first-order chi connectivity index (χ1) is 8.29. The van der Waals surface area contributed by atoms with Gasteiger partial charge in [0.05, 0.1) is 12.3 Å². The summed E-state index contributed by atoms with van der Waals surface area (Å²) in [6, 6.07) is 7.94. The van der Waals surface area contributed by atoms with Crippen molar-refractivity contribution >= 4 is 46.6 Å². The molecule has 18 heavy (non-hydrogen) atoms. The maximum atomic E-state index is 5.41. The fourth-order valence-electron chi connectivity index (χ4n) is 1.68. The van der Waals surface area contributed by atoms with Gasteiger partial charge in [-0.15, -0.1) is 24.0 Å². The monoisotopic (exact) mass is 378 g/mol. The Hall–Kier alpha value is -0.430. The zero-order valence-corrected chi connectivity index (χ0v) is 13.9. The molecule has 0 spiro atoms. The summed E-state index contributed by atoms with van der Waals surface area (Å²) < 4.78 is 5.41. The molecule has 0 saturated carbocycles. The number of aliphatic imine (C=N–C) groups is 1. The highest BCUT2D eigenvalue weighted by Gasteiger charge is 2.12. The molecule has 1 aromatic carbocycles. The third kappa shape index (κ3) is 4.35. The molecule has 0 aromatic heterocycles. The normalized spacial score (nSPS) is 17.4. The minimum Gasteiger partial charge on any atom is -0.494 e. The van der Waals surface area contributed by atoms with Gasteiger partial charge in [-0.1, -0.05) is 11.8 Å². The quantitative estimate of drug-likeness (QED) is 0.749. The van der Waals surface area contributed by atoms with Gasteiger partial charge in [0.1, 0.15) is 5.75 Å². The van der Waals surface area contributed by atoms with E-state index in [2.05, 4.69) is 16.9 Å². The van der Waals surface area contributed by atoms with E-state index >= 15 is 0 Å². The molecule has 1 heterocycles. The lowest BCUT2D eigenvalue weighted by Gasteiger charge is -2.25. The molecule has 1 aromatic rings. The summed E-state index contributed by atoms with van der Waals surface area (Å²) in [5.41, 5.74) is 0.990. The zero-order valence-electron chi connectivity index (χ0n) is 10.8. The molecule has 100 valence electrons. The average Bonchev–Trinajstić information content (AvgIpc) is 2.35. The molecule has 1 saturated heterocycles. The van der Waals surface area contributed by atoms with E-state index in [4.69, 9.17) is 4.74 Å². The van der Waals surface area contributed by atoms with Gasteiger partial charge in [0, 0.05) is 19.3 Å². The number of nitrogens with zero attached hydrogens (tertiary/aromatic N) is 2. The molecule has 1 aliphatic rings. The Balaban J connectivity index is 0.00000162. The van der Waals surface area contributed by atoms with E-state index in [1.54, 1.807) is 0 Å². The Labute approximate surface area is 130 Å². The van der Waals surface area contributed by atoms with Crippen molar-refractivity contribution in [3.8, 4) is 5.75 Å². The lowest BCUT2D eigenvalue weighted by Crippen LogP contribution is -2.29. The van der Waals surface area contributed by atoms with Crippen LogP contribution in [-0.4, -0.2) is 36.0 Å². The van der Waals surface area contributed by atoms with Gasteiger partial charge >= 0.3 is 0 Å².